The molecule has 0 bridgehead atoms. The lowest BCUT2D eigenvalue weighted by molar-refractivity contribution is 0.781. The van der Waals surface area contributed by atoms with Crippen LogP contribution in [0.15, 0.2) is 14.7 Å². The van der Waals surface area contributed by atoms with Crippen LogP contribution in [0.5, 0.6) is 0 Å². The van der Waals surface area contributed by atoms with E-state index < -0.39 is 0 Å². The van der Waals surface area contributed by atoms with Crippen molar-refractivity contribution in [3.8, 4) is 0 Å². The van der Waals surface area contributed by atoms with Gasteiger partial charge in [0.05, 0.1) is 5.69 Å². The van der Waals surface area contributed by atoms with Crippen molar-refractivity contribution in [2.75, 3.05) is 0 Å². The van der Waals surface area contributed by atoms with E-state index in [0.29, 0.717) is 6.54 Å². The SMILES string of the molecule is CCc1nnc(Sc2nc(C)cs2)c(CN)c1CC. The molecule has 0 saturated heterocycles. The normalized spacial score (nSPS) is 10.9. The second-order valence-electron chi connectivity index (χ2n) is 4.18. The van der Waals surface area contributed by atoms with Crippen molar-refractivity contribution in [2.24, 2.45) is 5.73 Å². The van der Waals surface area contributed by atoms with Gasteiger partial charge in [0, 0.05) is 23.2 Å². The van der Waals surface area contributed by atoms with Crippen LogP contribution in [0, 0.1) is 6.92 Å². The average molecular weight is 294 g/mol. The van der Waals surface area contributed by atoms with Crippen molar-refractivity contribution in [1.82, 2.24) is 15.2 Å². The molecule has 2 aromatic heterocycles. The Kier molecular flexibility index (Phi) is 4.90. The van der Waals surface area contributed by atoms with Gasteiger partial charge in [0.2, 0.25) is 0 Å². The standard InChI is InChI=1S/C13H18N4S2/c1-4-9-10(6-14)12(17-16-11(9)5-2)19-13-15-8(3)7-18-13/h7H,4-6,14H2,1-3H3. The van der Waals surface area contributed by atoms with Crippen LogP contribution in [-0.4, -0.2) is 15.2 Å². The third kappa shape index (κ3) is 3.13. The van der Waals surface area contributed by atoms with Gasteiger partial charge in [0.25, 0.3) is 0 Å². The Morgan fingerprint density at radius 2 is 2.00 bits per heavy atom. The lowest BCUT2D eigenvalue weighted by Crippen LogP contribution is -2.10. The summed E-state index contributed by atoms with van der Waals surface area (Å²) in [5.74, 6) is 0. The van der Waals surface area contributed by atoms with E-state index in [1.165, 1.54) is 5.56 Å². The maximum Gasteiger partial charge on any atom is 0.156 e. The van der Waals surface area contributed by atoms with Crippen LogP contribution in [0.4, 0.5) is 0 Å². The van der Waals surface area contributed by atoms with E-state index in [9.17, 15) is 0 Å². The first-order valence-corrected chi connectivity index (χ1v) is 8.06. The Morgan fingerprint density at radius 1 is 1.21 bits per heavy atom. The smallest absolute Gasteiger partial charge is 0.156 e. The largest absolute Gasteiger partial charge is 0.326 e. The molecule has 0 fully saturated rings. The maximum absolute atomic E-state index is 5.91. The van der Waals surface area contributed by atoms with Gasteiger partial charge < -0.3 is 5.73 Å². The molecule has 19 heavy (non-hydrogen) atoms. The van der Waals surface area contributed by atoms with E-state index in [-0.39, 0.29) is 0 Å². The van der Waals surface area contributed by atoms with Gasteiger partial charge in [0.15, 0.2) is 4.34 Å². The molecule has 0 unspecified atom stereocenters. The number of nitrogens with two attached hydrogens (primary N) is 1. The number of rotatable bonds is 5. The maximum atomic E-state index is 5.91. The molecule has 6 heteroatoms. The quantitative estimate of drug-likeness (QED) is 0.918. The second kappa shape index (κ2) is 6.45. The summed E-state index contributed by atoms with van der Waals surface area (Å²) in [4.78, 5) is 4.45. The summed E-state index contributed by atoms with van der Waals surface area (Å²) in [6.07, 6.45) is 1.83. The Labute approximate surface area is 121 Å². The van der Waals surface area contributed by atoms with E-state index >= 15 is 0 Å². The van der Waals surface area contributed by atoms with Crippen LogP contribution in [-0.2, 0) is 19.4 Å². The zero-order valence-corrected chi connectivity index (χ0v) is 13.1. The molecule has 0 aliphatic rings. The van der Waals surface area contributed by atoms with Gasteiger partial charge in [-0.2, -0.15) is 5.10 Å². The minimum absolute atomic E-state index is 0.498. The predicted molar refractivity (Wildman–Crippen MR) is 79.7 cm³/mol. The van der Waals surface area contributed by atoms with E-state index in [0.717, 1.165) is 39.2 Å². The molecule has 0 spiro atoms. The Hall–Kier alpha value is -0.980. The number of hydrogen-bond donors (Lipinski definition) is 1. The van der Waals surface area contributed by atoms with E-state index in [1.54, 1.807) is 23.1 Å². The zero-order chi connectivity index (χ0) is 13.8. The molecule has 0 radical (unpaired) electrons. The number of thiazole rings is 1. The Morgan fingerprint density at radius 3 is 2.53 bits per heavy atom. The lowest BCUT2D eigenvalue weighted by Gasteiger charge is -2.12. The summed E-state index contributed by atoms with van der Waals surface area (Å²) >= 11 is 3.19. The third-order valence-corrected chi connectivity index (χ3v) is 4.98. The number of nitrogens with zero attached hydrogens (tertiary/aromatic N) is 3. The molecule has 0 amide bonds. The van der Waals surface area contributed by atoms with Crippen LogP contribution < -0.4 is 5.73 Å². The average Bonchev–Trinajstić information content (AvgIpc) is 2.83. The van der Waals surface area contributed by atoms with Crippen LogP contribution in [0.2, 0.25) is 0 Å². The minimum Gasteiger partial charge on any atom is -0.326 e. The van der Waals surface area contributed by atoms with Crippen LogP contribution in [0.1, 0.15) is 36.4 Å². The predicted octanol–water partition coefficient (Wildman–Crippen LogP) is 2.98. The van der Waals surface area contributed by atoms with Gasteiger partial charge in [-0.3, -0.25) is 0 Å². The molecular weight excluding hydrogens is 276 g/mol. The summed E-state index contributed by atoms with van der Waals surface area (Å²) < 4.78 is 0.993. The molecule has 4 nitrogen and oxygen atoms in total. The molecule has 102 valence electrons. The fraction of sp³-hybridized carbons (Fsp3) is 0.462. The topological polar surface area (TPSA) is 64.7 Å². The summed E-state index contributed by atoms with van der Waals surface area (Å²) in [7, 11) is 0. The van der Waals surface area contributed by atoms with Gasteiger partial charge in [0.1, 0.15) is 5.03 Å². The molecule has 2 heterocycles. The van der Waals surface area contributed by atoms with Crippen molar-refractivity contribution in [3.63, 3.8) is 0 Å². The monoisotopic (exact) mass is 294 g/mol. The highest BCUT2D eigenvalue weighted by Gasteiger charge is 2.15. The van der Waals surface area contributed by atoms with Crippen molar-refractivity contribution in [3.05, 3.63) is 27.9 Å². The zero-order valence-electron chi connectivity index (χ0n) is 11.4. The number of aromatic nitrogens is 3. The van der Waals surface area contributed by atoms with Gasteiger partial charge in [-0.25, -0.2) is 4.98 Å². The first kappa shape index (κ1) is 14.4. The van der Waals surface area contributed by atoms with E-state index in [4.69, 9.17) is 5.73 Å². The number of aryl methyl sites for hydroxylation is 2. The summed E-state index contributed by atoms with van der Waals surface area (Å²) in [5.41, 5.74) is 10.4. The molecule has 0 aliphatic carbocycles. The molecule has 0 atom stereocenters. The third-order valence-electron chi connectivity index (χ3n) is 2.91. The van der Waals surface area contributed by atoms with Gasteiger partial charge in [-0.05, 0) is 37.1 Å². The van der Waals surface area contributed by atoms with Crippen molar-refractivity contribution in [2.45, 2.75) is 49.5 Å². The Bertz CT molecular complexity index is 566. The lowest BCUT2D eigenvalue weighted by atomic mass is 10.0. The minimum atomic E-state index is 0.498. The van der Waals surface area contributed by atoms with Crippen LogP contribution in [0.3, 0.4) is 0 Å². The molecule has 0 saturated carbocycles. The summed E-state index contributed by atoms with van der Waals surface area (Å²) in [5, 5.41) is 11.6. The van der Waals surface area contributed by atoms with Crippen molar-refractivity contribution in [1.29, 1.82) is 0 Å². The van der Waals surface area contributed by atoms with Crippen LogP contribution in [0.25, 0.3) is 0 Å². The van der Waals surface area contributed by atoms with Gasteiger partial charge in [-0.1, -0.05) is 13.8 Å². The second-order valence-corrected chi connectivity index (χ2v) is 6.27. The van der Waals surface area contributed by atoms with Crippen molar-refractivity contribution >= 4 is 23.1 Å². The van der Waals surface area contributed by atoms with Crippen LogP contribution >= 0.6 is 23.1 Å². The first-order valence-electron chi connectivity index (χ1n) is 6.36. The Balaban J connectivity index is 2.40. The summed E-state index contributed by atoms with van der Waals surface area (Å²) in [6, 6.07) is 0. The summed E-state index contributed by atoms with van der Waals surface area (Å²) in [6.45, 7) is 6.73. The molecule has 2 rings (SSSR count). The van der Waals surface area contributed by atoms with E-state index in [2.05, 4.69) is 29.0 Å². The van der Waals surface area contributed by atoms with Gasteiger partial charge >= 0.3 is 0 Å². The van der Waals surface area contributed by atoms with Gasteiger partial charge in [-0.15, -0.1) is 16.4 Å². The fourth-order valence-electron chi connectivity index (χ4n) is 1.99. The molecule has 0 aromatic carbocycles. The highest BCUT2D eigenvalue weighted by Crippen LogP contribution is 2.32. The van der Waals surface area contributed by atoms with Crippen molar-refractivity contribution < 1.29 is 0 Å². The van der Waals surface area contributed by atoms with E-state index in [1.807, 2.05) is 12.3 Å². The molecule has 0 aliphatic heterocycles. The highest BCUT2D eigenvalue weighted by atomic mass is 32.2. The fourth-order valence-corrected chi connectivity index (χ4v) is 3.85. The molecular formula is C13H18N4S2. The molecule has 2 aromatic rings. The first-order chi connectivity index (χ1) is 9.19. The number of hydrogen-bond acceptors (Lipinski definition) is 6. The molecule has 2 N–H and O–H groups in total. The highest BCUT2D eigenvalue weighted by molar-refractivity contribution is 8.01.